The molecule has 3 rings (SSSR count). The van der Waals surface area contributed by atoms with Crippen LogP contribution < -0.4 is 5.32 Å². The van der Waals surface area contributed by atoms with Crippen LogP contribution >= 0.6 is 11.3 Å². The number of sulfone groups is 1. The summed E-state index contributed by atoms with van der Waals surface area (Å²) in [5.41, 5.74) is 1.89. The number of hydrogen-bond acceptors (Lipinski definition) is 8. The maximum Gasteiger partial charge on any atom is 0.245 e. The number of aryl methyl sites for hydroxylation is 1. The lowest BCUT2D eigenvalue weighted by Gasteiger charge is -2.02. The van der Waals surface area contributed by atoms with Gasteiger partial charge >= 0.3 is 0 Å². The first-order chi connectivity index (χ1) is 10.4. The number of anilines is 1. The quantitative estimate of drug-likeness (QED) is 0.761. The Morgan fingerprint density at radius 2 is 2.14 bits per heavy atom. The number of nitrogens with one attached hydrogen (secondary N) is 1. The zero-order valence-corrected chi connectivity index (χ0v) is 13.7. The highest BCUT2D eigenvalue weighted by Gasteiger charge is 2.12. The van der Waals surface area contributed by atoms with Crippen molar-refractivity contribution in [1.29, 1.82) is 0 Å². The van der Waals surface area contributed by atoms with Crippen molar-refractivity contribution in [1.82, 2.24) is 15.1 Å². The lowest BCUT2D eigenvalue weighted by atomic mass is 10.3. The Balaban J connectivity index is 1.68. The van der Waals surface area contributed by atoms with Crippen molar-refractivity contribution < 1.29 is 12.9 Å². The van der Waals surface area contributed by atoms with Gasteiger partial charge < -0.3 is 9.84 Å². The molecule has 7 nitrogen and oxygen atoms in total. The Morgan fingerprint density at radius 3 is 2.91 bits per heavy atom. The van der Waals surface area contributed by atoms with Crippen LogP contribution in [0.2, 0.25) is 0 Å². The Kier molecular flexibility index (Phi) is 3.83. The highest BCUT2D eigenvalue weighted by Crippen LogP contribution is 2.24. The van der Waals surface area contributed by atoms with E-state index in [1.807, 2.05) is 25.1 Å². The molecule has 116 valence electrons. The number of rotatable bonds is 5. The van der Waals surface area contributed by atoms with E-state index in [9.17, 15) is 8.42 Å². The van der Waals surface area contributed by atoms with Crippen LogP contribution in [0.25, 0.3) is 10.2 Å². The fraction of sp³-hybridized carbons (Fsp3) is 0.308. The maximum absolute atomic E-state index is 11.2. The molecule has 22 heavy (non-hydrogen) atoms. The third-order valence-corrected chi connectivity index (χ3v) is 4.56. The summed E-state index contributed by atoms with van der Waals surface area (Å²) < 4.78 is 28.5. The predicted octanol–water partition coefficient (Wildman–Crippen LogP) is 2.14. The van der Waals surface area contributed by atoms with Gasteiger partial charge in [0.25, 0.3) is 0 Å². The molecule has 0 unspecified atom stereocenters. The van der Waals surface area contributed by atoms with Gasteiger partial charge in [-0.25, -0.2) is 13.4 Å². The molecule has 0 aliphatic rings. The Morgan fingerprint density at radius 1 is 1.32 bits per heavy atom. The number of aromatic nitrogens is 3. The lowest BCUT2D eigenvalue weighted by Crippen LogP contribution is -2.03. The zero-order chi connectivity index (χ0) is 15.7. The molecule has 0 aliphatic heterocycles. The number of fused-ring (bicyclic) bond motifs is 1. The molecule has 9 heteroatoms. The van der Waals surface area contributed by atoms with Gasteiger partial charge in [-0.05, 0) is 25.1 Å². The number of hydrogen-bond donors (Lipinski definition) is 1. The summed E-state index contributed by atoms with van der Waals surface area (Å²) in [5, 5.41) is 7.85. The molecule has 0 spiro atoms. The standard InChI is InChI=1S/C13H14N4O3S2/c1-8-15-10-4-3-9(5-11(10)21-8)14-6-13-16-12(17-20-13)7-22(2,18)19/h3-5,14H,6-7H2,1-2H3. The fourth-order valence-electron chi connectivity index (χ4n) is 1.98. The van der Waals surface area contributed by atoms with Gasteiger partial charge in [-0.3, -0.25) is 0 Å². The van der Waals surface area contributed by atoms with E-state index >= 15 is 0 Å². The molecular formula is C13H14N4O3S2. The minimum absolute atomic E-state index is 0.174. The summed E-state index contributed by atoms with van der Waals surface area (Å²) in [4.78, 5) is 8.45. The third kappa shape index (κ3) is 3.60. The molecule has 0 amide bonds. The average Bonchev–Trinajstić information content (AvgIpc) is 2.99. The number of thiazole rings is 1. The van der Waals surface area contributed by atoms with Gasteiger partial charge in [0.05, 0.1) is 21.8 Å². The third-order valence-electron chi connectivity index (χ3n) is 2.84. The second-order valence-electron chi connectivity index (χ2n) is 4.94. The van der Waals surface area contributed by atoms with E-state index < -0.39 is 9.84 Å². The summed E-state index contributed by atoms with van der Waals surface area (Å²) in [5.74, 6) is 0.301. The van der Waals surface area contributed by atoms with Crippen molar-refractivity contribution in [3.63, 3.8) is 0 Å². The molecule has 0 bridgehead atoms. The summed E-state index contributed by atoms with van der Waals surface area (Å²) in [7, 11) is -3.16. The van der Waals surface area contributed by atoms with Crippen LogP contribution in [0.15, 0.2) is 22.7 Å². The van der Waals surface area contributed by atoms with Gasteiger partial charge in [-0.2, -0.15) is 4.98 Å². The van der Waals surface area contributed by atoms with Crippen molar-refractivity contribution in [3.8, 4) is 0 Å². The molecule has 0 fully saturated rings. The number of nitrogens with zero attached hydrogens (tertiary/aromatic N) is 3. The second kappa shape index (κ2) is 5.65. The van der Waals surface area contributed by atoms with E-state index in [1.165, 1.54) is 0 Å². The molecule has 3 aromatic rings. The first-order valence-corrected chi connectivity index (χ1v) is 9.37. The molecule has 0 radical (unpaired) electrons. The molecular weight excluding hydrogens is 324 g/mol. The van der Waals surface area contributed by atoms with Crippen LogP contribution in [-0.2, 0) is 22.1 Å². The first kappa shape index (κ1) is 14.9. The summed E-state index contributed by atoms with van der Waals surface area (Å²) >= 11 is 1.63. The summed E-state index contributed by atoms with van der Waals surface area (Å²) in [6.45, 7) is 2.31. The second-order valence-corrected chi connectivity index (χ2v) is 8.32. The van der Waals surface area contributed by atoms with Crippen LogP contribution in [0.3, 0.4) is 0 Å². The Labute approximate surface area is 131 Å². The van der Waals surface area contributed by atoms with Crippen LogP contribution in [0.5, 0.6) is 0 Å². The SMILES string of the molecule is Cc1nc2ccc(NCc3nc(CS(C)(=O)=O)no3)cc2s1. The first-order valence-electron chi connectivity index (χ1n) is 6.49. The van der Waals surface area contributed by atoms with Gasteiger partial charge in [-0.15, -0.1) is 11.3 Å². The van der Waals surface area contributed by atoms with E-state index in [0.717, 1.165) is 27.2 Å². The van der Waals surface area contributed by atoms with Crippen LogP contribution in [0.1, 0.15) is 16.7 Å². The van der Waals surface area contributed by atoms with Gasteiger partial charge in [0.1, 0.15) is 5.75 Å². The molecule has 0 saturated heterocycles. The minimum atomic E-state index is -3.16. The van der Waals surface area contributed by atoms with E-state index in [1.54, 1.807) is 11.3 Å². The summed E-state index contributed by atoms with van der Waals surface area (Å²) in [6.07, 6.45) is 1.13. The monoisotopic (exact) mass is 338 g/mol. The average molecular weight is 338 g/mol. The topological polar surface area (TPSA) is 98.0 Å². The zero-order valence-electron chi connectivity index (χ0n) is 12.0. The van der Waals surface area contributed by atoms with Crippen molar-refractivity contribution in [2.75, 3.05) is 11.6 Å². The normalized spacial score (nSPS) is 11.9. The maximum atomic E-state index is 11.2. The number of benzene rings is 1. The van der Waals surface area contributed by atoms with Crippen molar-refractivity contribution in [3.05, 3.63) is 34.9 Å². The smallest absolute Gasteiger partial charge is 0.245 e. The van der Waals surface area contributed by atoms with E-state index in [2.05, 4.69) is 20.4 Å². The molecule has 2 aromatic heterocycles. The molecule has 1 aromatic carbocycles. The fourth-order valence-corrected chi connectivity index (χ4v) is 3.44. The minimum Gasteiger partial charge on any atom is -0.376 e. The van der Waals surface area contributed by atoms with Gasteiger partial charge in [0, 0.05) is 11.9 Å². The van der Waals surface area contributed by atoms with Crippen LogP contribution in [-0.4, -0.2) is 29.8 Å². The highest BCUT2D eigenvalue weighted by molar-refractivity contribution is 7.89. The van der Waals surface area contributed by atoms with Crippen molar-refractivity contribution in [2.45, 2.75) is 19.2 Å². The Hall–Kier alpha value is -2.00. The van der Waals surface area contributed by atoms with Crippen molar-refractivity contribution in [2.24, 2.45) is 0 Å². The molecule has 1 N–H and O–H groups in total. The molecule has 0 saturated carbocycles. The van der Waals surface area contributed by atoms with Gasteiger partial charge in [0.15, 0.2) is 15.7 Å². The van der Waals surface area contributed by atoms with Crippen LogP contribution in [0.4, 0.5) is 5.69 Å². The summed E-state index contributed by atoms with van der Waals surface area (Å²) in [6, 6.07) is 5.88. The highest BCUT2D eigenvalue weighted by atomic mass is 32.2. The van der Waals surface area contributed by atoms with E-state index in [0.29, 0.717) is 12.4 Å². The van der Waals surface area contributed by atoms with Crippen molar-refractivity contribution >= 4 is 37.1 Å². The van der Waals surface area contributed by atoms with Crippen LogP contribution in [0, 0.1) is 6.92 Å². The predicted molar refractivity (Wildman–Crippen MR) is 84.5 cm³/mol. The van der Waals surface area contributed by atoms with Gasteiger partial charge in [-0.1, -0.05) is 5.16 Å². The molecule has 0 atom stereocenters. The van der Waals surface area contributed by atoms with E-state index in [-0.39, 0.29) is 11.6 Å². The molecule has 2 heterocycles. The Bertz CT molecular complexity index is 914. The largest absolute Gasteiger partial charge is 0.376 e. The lowest BCUT2D eigenvalue weighted by molar-refractivity contribution is 0.379. The van der Waals surface area contributed by atoms with E-state index in [4.69, 9.17) is 4.52 Å². The molecule has 0 aliphatic carbocycles. The van der Waals surface area contributed by atoms with Gasteiger partial charge in [0.2, 0.25) is 5.89 Å².